The van der Waals surface area contributed by atoms with E-state index in [-0.39, 0.29) is 18.5 Å². The average molecular weight is 279 g/mol. The van der Waals surface area contributed by atoms with Gasteiger partial charge in [0.15, 0.2) is 0 Å². The molecule has 0 aliphatic carbocycles. The summed E-state index contributed by atoms with van der Waals surface area (Å²) in [5, 5.41) is 12.5. The first kappa shape index (κ1) is 13.8. The normalized spacial score (nSPS) is 28.4. The third kappa shape index (κ3) is 2.67. The third-order valence-corrected chi connectivity index (χ3v) is 4.47. The number of unbranched alkanes of at least 4 members (excludes halogenated alkanes) is 1. The molecule has 0 saturated carbocycles. The van der Waals surface area contributed by atoms with Crippen molar-refractivity contribution in [3.05, 3.63) is 29.6 Å². The van der Waals surface area contributed by atoms with Crippen molar-refractivity contribution in [2.75, 3.05) is 18.5 Å². The Morgan fingerprint density at radius 1 is 1.35 bits per heavy atom. The maximum atomic E-state index is 13.5. The predicted molar refractivity (Wildman–Crippen MR) is 76.2 cm³/mol. The van der Waals surface area contributed by atoms with Crippen LogP contribution < -0.4 is 5.32 Å². The van der Waals surface area contributed by atoms with Crippen molar-refractivity contribution in [1.82, 2.24) is 0 Å². The molecule has 0 amide bonds. The zero-order chi connectivity index (χ0) is 13.9. The molecule has 3 nitrogen and oxygen atoms in total. The number of hydrogen-bond acceptors (Lipinski definition) is 3. The number of aliphatic hydroxyl groups excluding tert-OH is 1. The molecule has 2 N–H and O–H groups in total. The van der Waals surface area contributed by atoms with Gasteiger partial charge >= 0.3 is 0 Å². The monoisotopic (exact) mass is 279 g/mol. The van der Waals surface area contributed by atoms with E-state index in [0.717, 1.165) is 50.0 Å². The number of halogens is 1. The van der Waals surface area contributed by atoms with Crippen LogP contribution in [0.15, 0.2) is 18.2 Å². The third-order valence-electron chi connectivity index (χ3n) is 4.47. The number of aliphatic hydroxyl groups is 1. The summed E-state index contributed by atoms with van der Waals surface area (Å²) in [7, 11) is 0. The van der Waals surface area contributed by atoms with Gasteiger partial charge in [-0.15, -0.1) is 0 Å². The molecule has 0 unspecified atom stereocenters. The van der Waals surface area contributed by atoms with E-state index in [1.165, 1.54) is 6.07 Å². The Hall–Kier alpha value is -1.13. The fraction of sp³-hybridized carbons (Fsp3) is 0.625. The molecule has 20 heavy (non-hydrogen) atoms. The standard InChI is InChI=1S/C16H22FNO2/c17-11-6-7-15-13(10-11)16-12(4-3-9-20-16)14(18-15)5-1-2-8-19/h6-7,10,12,14,16,18-19H,1-5,8-9H2/t12-,14-,16-/m0/s1. The molecule has 2 heterocycles. The number of fused-ring (bicyclic) bond motifs is 3. The van der Waals surface area contributed by atoms with Gasteiger partial charge in [-0.2, -0.15) is 0 Å². The van der Waals surface area contributed by atoms with Crippen molar-refractivity contribution in [3.63, 3.8) is 0 Å². The second-order valence-corrected chi connectivity index (χ2v) is 5.80. The second kappa shape index (κ2) is 6.10. The van der Waals surface area contributed by atoms with Gasteiger partial charge in [-0.3, -0.25) is 0 Å². The molecule has 0 bridgehead atoms. The summed E-state index contributed by atoms with van der Waals surface area (Å²) in [6.45, 7) is 1.01. The molecule has 0 radical (unpaired) electrons. The van der Waals surface area contributed by atoms with Crippen LogP contribution in [0.1, 0.15) is 43.8 Å². The molecule has 1 saturated heterocycles. The van der Waals surface area contributed by atoms with Gasteiger partial charge in [0, 0.05) is 36.4 Å². The van der Waals surface area contributed by atoms with E-state index >= 15 is 0 Å². The van der Waals surface area contributed by atoms with Crippen LogP contribution in [0.3, 0.4) is 0 Å². The molecule has 1 aromatic rings. The van der Waals surface area contributed by atoms with Crippen molar-refractivity contribution >= 4 is 5.69 Å². The van der Waals surface area contributed by atoms with Crippen molar-refractivity contribution in [1.29, 1.82) is 0 Å². The molecular formula is C16H22FNO2. The molecule has 3 rings (SSSR count). The Bertz CT molecular complexity index is 466. The molecule has 1 fully saturated rings. The fourth-order valence-electron chi connectivity index (χ4n) is 3.51. The lowest BCUT2D eigenvalue weighted by Gasteiger charge is -2.43. The van der Waals surface area contributed by atoms with Gasteiger partial charge in [-0.25, -0.2) is 4.39 Å². The maximum Gasteiger partial charge on any atom is 0.123 e. The Balaban J connectivity index is 1.83. The summed E-state index contributed by atoms with van der Waals surface area (Å²) < 4.78 is 19.4. The smallest absolute Gasteiger partial charge is 0.123 e. The van der Waals surface area contributed by atoms with Crippen molar-refractivity contribution in [2.24, 2.45) is 5.92 Å². The van der Waals surface area contributed by atoms with E-state index in [0.29, 0.717) is 12.0 Å². The van der Waals surface area contributed by atoms with E-state index in [1.807, 2.05) is 6.07 Å². The zero-order valence-corrected chi connectivity index (χ0v) is 11.6. The summed E-state index contributed by atoms with van der Waals surface area (Å²) in [4.78, 5) is 0. The van der Waals surface area contributed by atoms with E-state index in [4.69, 9.17) is 9.84 Å². The Labute approximate surface area is 119 Å². The minimum atomic E-state index is -0.197. The minimum absolute atomic E-state index is 0.0230. The average Bonchev–Trinajstić information content (AvgIpc) is 2.48. The largest absolute Gasteiger partial charge is 0.396 e. The molecule has 2 aliphatic heterocycles. The number of nitrogens with one attached hydrogen (secondary N) is 1. The molecule has 4 heteroatoms. The summed E-state index contributed by atoms with van der Waals surface area (Å²) >= 11 is 0. The van der Waals surface area contributed by atoms with Gasteiger partial charge in [0.05, 0.1) is 6.10 Å². The number of rotatable bonds is 4. The molecule has 110 valence electrons. The van der Waals surface area contributed by atoms with Gasteiger partial charge < -0.3 is 15.2 Å². The van der Waals surface area contributed by atoms with Gasteiger partial charge in [0.25, 0.3) is 0 Å². The summed E-state index contributed by atoms with van der Waals surface area (Å²) in [5.74, 6) is 0.217. The van der Waals surface area contributed by atoms with Gasteiger partial charge in [0.1, 0.15) is 5.82 Å². The molecule has 2 aliphatic rings. The van der Waals surface area contributed by atoms with Crippen LogP contribution >= 0.6 is 0 Å². The molecule has 3 atom stereocenters. The van der Waals surface area contributed by atoms with Gasteiger partial charge in [0.2, 0.25) is 0 Å². The number of benzene rings is 1. The van der Waals surface area contributed by atoms with Crippen molar-refractivity contribution < 1.29 is 14.2 Å². The highest BCUT2D eigenvalue weighted by atomic mass is 19.1. The highest BCUT2D eigenvalue weighted by molar-refractivity contribution is 5.56. The Kier molecular flexibility index (Phi) is 4.22. The summed E-state index contributed by atoms with van der Waals surface area (Å²) in [6, 6.07) is 5.29. The van der Waals surface area contributed by atoms with E-state index < -0.39 is 0 Å². The first-order chi connectivity index (χ1) is 9.79. The second-order valence-electron chi connectivity index (χ2n) is 5.80. The molecular weight excluding hydrogens is 257 g/mol. The quantitative estimate of drug-likeness (QED) is 0.831. The molecule has 1 aromatic carbocycles. The van der Waals surface area contributed by atoms with Crippen LogP contribution in [0.25, 0.3) is 0 Å². The van der Waals surface area contributed by atoms with E-state index in [1.54, 1.807) is 6.07 Å². The topological polar surface area (TPSA) is 41.5 Å². The summed E-state index contributed by atoms with van der Waals surface area (Å²) in [6.07, 6.45) is 5.10. The molecule has 0 aromatic heterocycles. The zero-order valence-electron chi connectivity index (χ0n) is 11.6. The van der Waals surface area contributed by atoms with Crippen LogP contribution in [0.2, 0.25) is 0 Å². The van der Waals surface area contributed by atoms with Crippen molar-refractivity contribution in [3.8, 4) is 0 Å². The van der Waals surface area contributed by atoms with Crippen LogP contribution in [0.5, 0.6) is 0 Å². The first-order valence-electron chi connectivity index (χ1n) is 7.58. The maximum absolute atomic E-state index is 13.5. The minimum Gasteiger partial charge on any atom is -0.396 e. The fourth-order valence-corrected chi connectivity index (χ4v) is 3.51. The lowest BCUT2D eigenvalue weighted by molar-refractivity contribution is -0.0388. The van der Waals surface area contributed by atoms with Gasteiger partial charge in [-0.1, -0.05) is 0 Å². The van der Waals surface area contributed by atoms with E-state index in [9.17, 15) is 4.39 Å². The number of hydrogen-bond donors (Lipinski definition) is 2. The van der Waals surface area contributed by atoms with Crippen molar-refractivity contribution in [2.45, 2.75) is 44.2 Å². The lowest BCUT2D eigenvalue weighted by Crippen LogP contribution is -2.41. The first-order valence-corrected chi connectivity index (χ1v) is 7.58. The number of ether oxygens (including phenoxy) is 1. The molecule has 0 spiro atoms. The summed E-state index contributed by atoms with van der Waals surface area (Å²) in [5.41, 5.74) is 1.97. The van der Waals surface area contributed by atoms with Crippen LogP contribution in [-0.4, -0.2) is 24.4 Å². The van der Waals surface area contributed by atoms with Crippen LogP contribution in [0.4, 0.5) is 10.1 Å². The van der Waals surface area contributed by atoms with Crippen LogP contribution in [-0.2, 0) is 4.74 Å². The van der Waals surface area contributed by atoms with Gasteiger partial charge in [-0.05, 0) is 50.3 Å². The Morgan fingerprint density at radius 3 is 3.10 bits per heavy atom. The highest BCUT2D eigenvalue weighted by Gasteiger charge is 2.38. The van der Waals surface area contributed by atoms with E-state index in [2.05, 4.69) is 5.32 Å². The predicted octanol–water partition coefficient (Wildman–Crippen LogP) is 3.25. The Morgan fingerprint density at radius 2 is 2.25 bits per heavy atom. The highest BCUT2D eigenvalue weighted by Crippen LogP contribution is 2.44. The van der Waals surface area contributed by atoms with Crippen LogP contribution in [0, 0.1) is 11.7 Å². The lowest BCUT2D eigenvalue weighted by atomic mass is 9.78. The number of anilines is 1. The SMILES string of the molecule is OCCCC[C@@H]1Nc2ccc(F)cc2[C@H]2OCCC[C@@H]12.